The number of anilines is 1. The molecule has 4 rings (SSSR count). The number of benzene rings is 2. The van der Waals surface area contributed by atoms with Crippen LogP contribution in [0.15, 0.2) is 60.2 Å². The normalized spacial score (nSPS) is 20.9. The van der Waals surface area contributed by atoms with Gasteiger partial charge in [0.1, 0.15) is 6.17 Å². The first-order valence-electron chi connectivity index (χ1n) is 8.15. The summed E-state index contributed by atoms with van der Waals surface area (Å²) in [7, 11) is 0. The fourth-order valence-electron chi connectivity index (χ4n) is 3.22. The van der Waals surface area contributed by atoms with E-state index in [9.17, 15) is 4.79 Å². The number of carbonyl (C=O) groups is 1. The van der Waals surface area contributed by atoms with E-state index < -0.39 is 0 Å². The Morgan fingerprint density at radius 3 is 2.52 bits per heavy atom. The average Bonchev–Trinajstić information content (AvgIpc) is 3.40. The summed E-state index contributed by atoms with van der Waals surface area (Å²) in [4.78, 5) is 14.9. The standard InChI is InChI=1S/C20H20N2O/c1-14(13-15-7-3-2-4-8-15)19-21-18-10-6-5-9-17(18)20(23)22(19)16-11-12-16/h2-10,13,16,19,21H,11-12H2,1H3/b14-13+. The molecular weight excluding hydrogens is 284 g/mol. The highest BCUT2D eigenvalue weighted by Gasteiger charge is 2.41. The number of fused-ring (bicyclic) bond motifs is 1. The number of rotatable bonds is 3. The van der Waals surface area contributed by atoms with Crippen molar-refractivity contribution in [1.29, 1.82) is 0 Å². The third-order valence-electron chi connectivity index (χ3n) is 4.53. The Balaban J connectivity index is 1.72. The molecule has 3 heteroatoms. The van der Waals surface area contributed by atoms with Gasteiger partial charge in [-0.3, -0.25) is 4.79 Å². The van der Waals surface area contributed by atoms with Crippen molar-refractivity contribution >= 4 is 17.7 Å². The quantitative estimate of drug-likeness (QED) is 0.924. The fraction of sp³-hybridized carbons (Fsp3) is 0.250. The predicted molar refractivity (Wildman–Crippen MR) is 93.1 cm³/mol. The molecule has 0 radical (unpaired) electrons. The minimum atomic E-state index is -0.0647. The molecule has 0 aromatic heterocycles. The van der Waals surface area contributed by atoms with Crippen molar-refractivity contribution in [2.45, 2.75) is 32.0 Å². The van der Waals surface area contributed by atoms with E-state index in [-0.39, 0.29) is 12.1 Å². The van der Waals surface area contributed by atoms with Crippen LogP contribution in [0.4, 0.5) is 5.69 Å². The molecule has 2 aromatic rings. The number of carbonyl (C=O) groups excluding carboxylic acids is 1. The molecule has 1 aliphatic carbocycles. The summed E-state index contributed by atoms with van der Waals surface area (Å²) in [5, 5.41) is 3.56. The van der Waals surface area contributed by atoms with Crippen LogP contribution in [0.1, 0.15) is 35.7 Å². The van der Waals surface area contributed by atoms with Crippen molar-refractivity contribution in [3.8, 4) is 0 Å². The van der Waals surface area contributed by atoms with Gasteiger partial charge in [-0.15, -0.1) is 0 Å². The van der Waals surface area contributed by atoms with E-state index in [1.54, 1.807) is 0 Å². The highest BCUT2D eigenvalue weighted by molar-refractivity contribution is 6.02. The summed E-state index contributed by atoms with van der Waals surface area (Å²) in [6, 6.07) is 18.4. The second-order valence-electron chi connectivity index (χ2n) is 6.34. The van der Waals surface area contributed by atoms with Crippen LogP contribution in [0, 0.1) is 0 Å². The van der Waals surface area contributed by atoms with E-state index in [0.717, 1.165) is 35.2 Å². The molecule has 0 bridgehead atoms. The Kier molecular flexibility index (Phi) is 3.41. The zero-order valence-electron chi connectivity index (χ0n) is 13.2. The summed E-state index contributed by atoms with van der Waals surface area (Å²) in [5.41, 5.74) is 4.03. The number of nitrogens with zero attached hydrogens (tertiary/aromatic N) is 1. The molecule has 2 aromatic carbocycles. The van der Waals surface area contributed by atoms with Gasteiger partial charge in [0.2, 0.25) is 0 Å². The predicted octanol–water partition coefficient (Wildman–Crippen LogP) is 4.15. The first-order valence-corrected chi connectivity index (χ1v) is 8.15. The maximum Gasteiger partial charge on any atom is 0.258 e. The molecule has 1 unspecified atom stereocenters. The summed E-state index contributed by atoms with van der Waals surface area (Å²) < 4.78 is 0. The summed E-state index contributed by atoms with van der Waals surface area (Å²) in [5.74, 6) is 0.146. The number of para-hydroxylation sites is 1. The van der Waals surface area contributed by atoms with Crippen LogP contribution in [0.5, 0.6) is 0 Å². The summed E-state index contributed by atoms with van der Waals surface area (Å²) in [6.45, 7) is 2.10. The monoisotopic (exact) mass is 304 g/mol. The third kappa shape index (κ3) is 2.63. The molecule has 3 nitrogen and oxygen atoms in total. The maximum atomic E-state index is 12.9. The van der Waals surface area contributed by atoms with E-state index in [1.165, 1.54) is 0 Å². The minimum Gasteiger partial charge on any atom is -0.361 e. The van der Waals surface area contributed by atoms with E-state index in [4.69, 9.17) is 0 Å². The minimum absolute atomic E-state index is 0.0647. The Bertz CT molecular complexity index is 762. The summed E-state index contributed by atoms with van der Waals surface area (Å²) >= 11 is 0. The lowest BCUT2D eigenvalue weighted by Gasteiger charge is -2.38. The van der Waals surface area contributed by atoms with Crippen LogP contribution in [0.2, 0.25) is 0 Å². The Hall–Kier alpha value is -2.55. The number of hydrogen-bond donors (Lipinski definition) is 1. The third-order valence-corrected chi connectivity index (χ3v) is 4.53. The van der Waals surface area contributed by atoms with E-state index in [1.807, 2.05) is 47.4 Å². The molecule has 0 saturated heterocycles. The van der Waals surface area contributed by atoms with Gasteiger partial charge in [-0.05, 0) is 43.0 Å². The average molecular weight is 304 g/mol. The molecule has 1 atom stereocenters. The first-order chi connectivity index (χ1) is 11.2. The van der Waals surface area contributed by atoms with Crippen molar-refractivity contribution in [1.82, 2.24) is 4.90 Å². The molecule has 1 N–H and O–H groups in total. The number of nitrogens with one attached hydrogen (secondary N) is 1. The highest BCUT2D eigenvalue weighted by atomic mass is 16.2. The van der Waals surface area contributed by atoms with Gasteiger partial charge in [-0.1, -0.05) is 48.5 Å². The molecule has 1 aliphatic heterocycles. The second kappa shape index (κ2) is 5.58. The van der Waals surface area contributed by atoms with E-state index >= 15 is 0 Å². The lowest BCUT2D eigenvalue weighted by Crippen LogP contribution is -2.50. The van der Waals surface area contributed by atoms with Gasteiger partial charge in [-0.25, -0.2) is 0 Å². The van der Waals surface area contributed by atoms with Gasteiger partial charge >= 0.3 is 0 Å². The first kappa shape index (κ1) is 14.1. The van der Waals surface area contributed by atoms with Crippen molar-refractivity contribution < 1.29 is 4.79 Å². The molecule has 116 valence electrons. The smallest absolute Gasteiger partial charge is 0.258 e. The van der Waals surface area contributed by atoms with Gasteiger partial charge in [0.15, 0.2) is 0 Å². The van der Waals surface area contributed by atoms with Crippen molar-refractivity contribution in [3.05, 3.63) is 71.3 Å². The molecule has 1 saturated carbocycles. The van der Waals surface area contributed by atoms with E-state index in [0.29, 0.717) is 6.04 Å². The van der Waals surface area contributed by atoms with Crippen molar-refractivity contribution in [2.75, 3.05) is 5.32 Å². The fourth-order valence-corrected chi connectivity index (χ4v) is 3.22. The molecule has 1 fully saturated rings. The number of amides is 1. The topological polar surface area (TPSA) is 32.3 Å². The largest absolute Gasteiger partial charge is 0.361 e. The van der Waals surface area contributed by atoms with Crippen LogP contribution < -0.4 is 5.32 Å². The van der Waals surface area contributed by atoms with Crippen LogP contribution in [0.3, 0.4) is 0 Å². The zero-order valence-corrected chi connectivity index (χ0v) is 13.2. The zero-order chi connectivity index (χ0) is 15.8. The SMILES string of the molecule is C/C(=C\c1ccccc1)C1Nc2ccccc2C(=O)N1C1CC1. The molecule has 2 aliphatic rings. The lowest BCUT2D eigenvalue weighted by molar-refractivity contribution is 0.0695. The highest BCUT2D eigenvalue weighted by Crippen LogP contribution is 2.37. The van der Waals surface area contributed by atoms with Gasteiger partial charge in [0.05, 0.1) is 5.56 Å². The second-order valence-corrected chi connectivity index (χ2v) is 6.34. The van der Waals surface area contributed by atoms with Crippen LogP contribution in [0.25, 0.3) is 6.08 Å². The van der Waals surface area contributed by atoms with Gasteiger partial charge in [0, 0.05) is 11.7 Å². The lowest BCUT2D eigenvalue weighted by atomic mass is 10.0. The van der Waals surface area contributed by atoms with Crippen LogP contribution in [-0.4, -0.2) is 23.0 Å². The van der Waals surface area contributed by atoms with Crippen molar-refractivity contribution in [3.63, 3.8) is 0 Å². The van der Waals surface area contributed by atoms with Gasteiger partial charge in [0.25, 0.3) is 5.91 Å². The van der Waals surface area contributed by atoms with Crippen LogP contribution >= 0.6 is 0 Å². The molecule has 1 heterocycles. The van der Waals surface area contributed by atoms with Crippen LogP contribution in [-0.2, 0) is 0 Å². The van der Waals surface area contributed by atoms with E-state index in [2.05, 4.69) is 30.4 Å². The Labute approximate surface area is 136 Å². The maximum absolute atomic E-state index is 12.9. The number of hydrogen-bond acceptors (Lipinski definition) is 2. The summed E-state index contributed by atoms with van der Waals surface area (Å²) in [6.07, 6.45) is 4.30. The van der Waals surface area contributed by atoms with Gasteiger partial charge in [-0.2, -0.15) is 0 Å². The Morgan fingerprint density at radius 1 is 1.09 bits per heavy atom. The van der Waals surface area contributed by atoms with Crippen molar-refractivity contribution in [2.24, 2.45) is 0 Å². The molecular formula is C20H20N2O. The van der Waals surface area contributed by atoms with Gasteiger partial charge < -0.3 is 10.2 Å². The molecule has 23 heavy (non-hydrogen) atoms. The molecule has 0 spiro atoms. The Morgan fingerprint density at radius 2 is 1.78 bits per heavy atom. The molecule has 1 amide bonds.